The number of primary amides is 1. The lowest BCUT2D eigenvalue weighted by atomic mass is 10.1. The summed E-state index contributed by atoms with van der Waals surface area (Å²) in [5, 5.41) is 10.6. The Labute approximate surface area is 137 Å². The number of carbonyl (C=O) groups is 1. The summed E-state index contributed by atoms with van der Waals surface area (Å²) in [5.41, 5.74) is 4.80. The van der Waals surface area contributed by atoms with Gasteiger partial charge in [0.25, 0.3) is 5.91 Å². The number of carbonyl (C=O) groups excluding carboxylic acids is 1. The van der Waals surface area contributed by atoms with Crippen LogP contribution in [0.15, 0.2) is 51.7 Å². The summed E-state index contributed by atoms with van der Waals surface area (Å²) in [6.45, 7) is 0. The van der Waals surface area contributed by atoms with Gasteiger partial charge in [0, 0.05) is 15.5 Å². The lowest BCUT2D eigenvalue weighted by Gasteiger charge is -2.15. The third-order valence-corrected chi connectivity index (χ3v) is 3.93. The summed E-state index contributed by atoms with van der Waals surface area (Å²) in [5.74, 6) is -2.07. The van der Waals surface area contributed by atoms with Gasteiger partial charge >= 0.3 is 0 Å². The summed E-state index contributed by atoms with van der Waals surface area (Å²) in [4.78, 5) is 24.0. The molecule has 0 saturated carbocycles. The molecule has 0 spiro atoms. The van der Waals surface area contributed by atoms with Crippen molar-refractivity contribution in [1.82, 2.24) is 4.57 Å². The van der Waals surface area contributed by atoms with Crippen LogP contribution in [0.1, 0.15) is 10.4 Å². The number of fused-ring (bicyclic) bond motifs is 1. The Kier molecular flexibility index (Phi) is 3.65. The number of rotatable bonds is 2. The maximum Gasteiger partial charge on any atom is 0.258 e. The number of nitrogens with zero attached hydrogens (tertiary/aromatic N) is 1. The van der Waals surface area contributed by atoms with Crippen molar-refractivity contribution in [1.29, 1.82) is 0 Å². The lowest BCUT2D eigenvalue weighted by Crippen LogP contribution is -2.24. The molecule has 0 aliphatic carbocycles. The molecule has 1 aromatic heterocycles. The molecule has 0 bridgehead atoms. The van der Waals surface area contributed by atoms with Gasteiger partial charge in [-0.15, -0.1) is 0 Å². The molecule has 0 aliphatic heterocycles. The van der Waals surface area contributed by atoms with Gasteiger partial charge in [0.1, 0.15) is 11.4 Å². The van der Waals surface area contributed by atoms with E-state index in [1.165, 1.54) is 34.9 Å². The molecule has 0 atom stereocenters. The van der Waals surface area contributed by atoms with Gasteiger partial charge in [0.05, 0.1) is 5.52 Å². The van der Waals surface area contributed by atoms with E-state index >= 15 is 0 Å². The van der Waals surface area contributed by atoms with E-state index in [0.29, 0.717) is 15.7 Å². The predicted octanol–water partition coefficient (Wildman–Crippen LogP) is 2.70. The zero-order valence-electron chi connectivity index (χ0n) is 11.6. The number of aromatic hydroxyl groups is 1. The Morgan fingerprint density at radius 2 is 1.83 bits per heavy atom. The van der Waals surface area contributed by atoms with Crippen molar-refractivity contribution in [2.24, 2.45) is 5.73 Å². The first-order valence-corrected chi connectivity index (χ1v) is 7.32. The van der Waals surface area contributed by atoms with Crippen molar-refractivity contribution in [3.63, 3.8) is 0 Å². The van der Waals surface area contributed by atoms with Crippen LogP contribution in [0, 0.1) is 5.82 Å². The SMILES string of the molecule is NC(=O)c1c(O)n(-c2ccc(F)cc2)c2cc(Br)ccc2c1=O. The van der Waals surface area contributed by atoms with E-state index in [1.807, 2.05) is 0 Å². The first kappa shape index (κ1) is 15.2. The third-order valence-electron chi connectivity index (χ3n) is 3.44. The number of hydrogen-bond donors (Lipinski definition) is 2. The Bertz CT molecular complexity index is 997. The first-order chi connectivity index (χ1) is 10.9. The molecule has 3 rings (SSSR count). The van der Waals surface area contributed by atoms with Crippen molar-refractivity contribution in [2.45, 2.75) is 0 Å². The Morgan fingerprint density at radius 3 is 2.43 bits per heavy atom. The van der Waals surface area contributed by atoms with Crippen LogP contribution < -0.4 is 11.2 Å². The molecule has 0 unspecified atom stereocenters. The fourth-order valence-corrected chi connectivity index (χ4v) is 2.77. The van der Waals surface area contributed by atoms with Crippen LogP contribution in [0.3, 0.4) is 0 Å². The second kappa shape index (κ2) is 5.51. The molecule has 5 nitrogen and oxygen atoms in total. The summed E-state index contributed by atoms with van der Waals surface area (Å²) >= 11 is 3.30. The molecule has 3 aromatic rings. The van der Waals surface area contributed by atoms with Crippen LogP contribution in [0.5, 0.6) is 5.88 Å². The van der Waals surface area contributed by atoms with Crippen molar-refractivity contribution in [3.8, 4) is 11.6 Å². The predicted molar refractivity (Wildman–Crippen MR) is 87.4 cm³/mol. The molecule has 2 aromatic carbocycles. The van der Waals surface area contributed by atoms with Gasteiger partial charge in [-0.2, -0.15) is 0 Å². The van der Waals surface area contributed by atoms with E-state index in [4.69, 9.17) is 5.73 Å². The normalized spacial score (nSPS) is 10.9. The minimum atomic E-state index is -1.03. The largest absolute Gasteiger partial charge is 0.494 e. The van der Waals surface area contributed by atoms with E-state index in [-0.39, 0.29) is 5.39 Å². The van der Waals surface area contributed by atoms with Gasteiger partial charge in [0.15, 0.2) is 0 Å². The van der Waals surface area contributed by atoms with Gasteiger partial charge in [-0.3, -0.25) is 14.2 Å². The molecule has 116 valence electrons. The number of aromatic nitrogens is 1. The summed E-state index contributed by atoms with van der Waals surface area (Å²) in [6, 6.07) is 10.0. The molecule has 3 N–H and O–H groups in total. The summed E-state index contributed by atoms with van der Waals surface area (Å²) < 4.78 is 15.1. The van der Waals surface area contributed by atoms with Crippen LogP contribution in [0.2, 0.25) is 0 Å². The zero-order valence-corrected chi connectivity index (χ0v) is 13.2. The number of benzene rings is 2. The molecule has 1 amide bonds. The Balaban J connectivity index is 2.52. The highest BCUT2D eigenvalue weighted by Crippen LogP contribution is 2.28. The minimum absolute atomic E-state index is 0.212. The number of pyridine rings is 1. The van der Waals surface area contributed by atoms with Gasteiger partial charge in [0.2, 0.25) is 11.3 Å². The van der Waals surface area contributed by atoms with Crippen LogP contribution in [0.4, 0.5) is 4.39 Å². The number of hydrogen-bond acceptors (Lipinski definition) is 3. The second-order valence-electron chi connectivity index (χ2n) is 4.87. The minimum Gasteiger partial charge on any atom is -0.494 e. The van der Waals surface area contributed by atoms with E-state index in [1.54, 1.807) is 12.1 Å². The van der Waals surface area contributed by atoms with Crippen LogP contribution >= 0.6 is 15.9 Å². The van der Waals surface area contributed by atoms with Crippen LogP contribution in [-0.4, -0.2) is 15.6 Å². The number of amides is 1. The molecule has 1 heterocycles. The lowest BCUT2D eigenvalue weighted by molar-refractivity contribution is 0.0996. The molecule has 0 aliphatic rings. The zero-order chi connectivity index (χ0) is 16.7. The molecular weight excluding hydrogens is 367 g/mol. The van der Waals surface area contributed by atoms with Crippen molar-refractivity contribution < 1.29 is 14.3 Å². The fraction of sp³-hybridized carbons (Fsp3) is 0. The average Bonchev–Trinajstić information content (AvgIpc) is 2.48. The third kappa shape index (κ3) is 2.49. The molecule has 23 heavy (non-hydrogen) atoms. The van der Waals surface area contributed by atoms with E-state index in [2.05, 4.69) is 15.9 Å². The highest BCUT2D eigenvalue weighted by molar-refractivity contribution is 9.10. The highest BCUT2D eigenvalue weighted by Gasteiger charge is 2.21. The Morgan fingerprint density at radius 1 is 1.17 bits per heavy atom. The standard InChI is InChI=1S/C16H10BrFN2O3/c17-8-1-6-11-12(7-8)20(10-4-2-9(18)3-5-10)16(23)13(14(11)21)15(19)22/h1-7,23H,(H2,19,22). The van der Waals surface area contributed by atoms with Crippen molar-refractivity contribution >= 4 is 32.7 Å². The first-order valence-electron chi connectivity index (χ1n) is 6.53. The van der Waals surface area contributed by atoms with E-state index in [0.717, 1.165) is 0 Å². The van der Waals surface area contributed by atoms with Gasteiger partial charge in [-0.05, 0) is 42.5 Å². The molecule has 0 saturated heterocycles. The monoisotopic (exact) mass is 376 g/mol. The van der Waals surface area contributed by atoms with Crippen molar-refractivity contribution in [2.75, 3.05) is 0 Å². The summed E-state index contributed by atoms with van der Waals surface area (Å²) in [6.07, 6.45) is 0. The van der Waals surface area contributed by atoms with E-state index < -0.39 is 28.6 Å². The molecule has 0 fully saturated rings. The molecule has 7 heteroatoms. The Hall–Kier alpha value is -2.67. The van der Waals surface area contributed by atoms with Gasteiger partial charge < -0.3 is 10.8 Å². The fourth-order valence-electron chi connectivity index (χ4n) is 2.42. The van der Waals surface area contributed by atoms with Crippen molar-refractivity contribution in [3.05, 3.63) is 68.5 Å². The van der Waals surface area contributed by atoms with Gasteiger partial charge in [-0.25, -0.2) is 4.39 Å². The van der Waals surface area contributed by atoms with Crippen LogP contribution in [-0.2, 0) is 0 Å². The topological polar surface area (TPSA) is 85.3 Å². The highest BCUT2D eigenvalue weighted by atomic mass is 79.9. The van der Waals surface area contributed by atoms with Gasteiger partial charge in [-0.1, -0.05) is 15.9 Å². The maximum atomic E-state index is 13.1. The van der Waals surface area contributed by atoms with E-state index in [9.17, 15) is 19.1 Å². The smallest absolute Gasteiger partial charge is 0.258 e. The maximum absolute atomic E-state index is 13.1. The number of nitrogens with two attached hydrogens (primary N) is 1. The number of halogens is 2. The summed E-state index contributed by atoms with van der Waals surface area (Å²) in [7, 11) is 0. The second-order valence-corrected chi connectivity index (χ2v) is 5.78. The average molecular weight is 377 g/mol. The quantitative estimate of drug-likeness (QED) is 0.720. The molecule has 0 radical (unpaired) electrons. The van der Waals surface area contributed by atoms with Crippen LogP contribution in [0.25, 0.3) is 16.6 Å². The molecular formula is C16H10BrFN2O3.